The van der Waals surface area contributed by atoms with E-state index in [1.165, 1.54) is 4.57 Å². The summed E-state index contributed by atoms with van der Waals surface area (Å²) in [5.41, 5.74) is 1.61. The molecule has 2 aromatic carbocycles. The molecule has 134 valence electrons. The van der Waals surface area contributed by atoms with Crippen LogP contribution in [0.3, 0.4) is 0 Å². The van der Waals surface area contributed by atoms with E-state index in [2.05, 4.69) is 5.32 Å². The molecule has 0 spiro atoms. The molecule has 1 aliphatic heterocycles. The first-order chi connectivity index (χ1) is 12.6. The Morgan fingerprint density at radius 1 is 1.12 bits per heavy atom. The maximum absolute atomic E-state index is 12.7. The second-order valence-corrected chi connectivity index (χ2v) is 6.08. The van der Waals surface area contributed by atoms with E-state index in [0.29, 0.717) is 41.5 Å². The molecule has 1 N–H and O–H groups in total. The fourth-order valence-corrected chi connectivity index (χ4v) is 2.96. The van der Waals surface area contributed by atoms with E-state index in [4.69, 9.17) is 13.9 Å². The van der Waals surface area contributed by atoms with Crippen molar-refractivity contribution in [2.24, 2.45) is 0 Å². The zero-order chi connectivity index (χ0) is 18.1. The maximum Gasteiger partial charge on any atom is 0.420 e. The molecule has 1 aliphatic rings. The van der Waals surface area contributed by atoms with Crippen molar-refractivity contribution in [3.63, 3.8) is 0 Å². The minimum Gasteiger partial charge on any atom is -0.490 e. The number of nitrogens with one attached hydrogen (secondary N) is 1. The molecule has 0 aliphatic carbocycles. The molecular formula is C19H18N2O5. The topological polar surface area (TPSA) is 82.7 Å². The highest BCUT2D eigenvalue weighted by atomic mass is 16.5. The largest absolute Gasteiger partial charge is 0.490 e. The average Bonchev–Trinajstić information content (AvgIpc) is 2.81. The van der Waals surface area contributed by atoms with Crippen LogP contribution < -0.4 is 20.5 Å². The third kappa shape index (κ3) is 2.92. The van der Waals surface area contributed by atoms with Crippen LogP contribution in [0.25, 0.3) is 11.1 Å². The van der Waals surface area contributed by atoms with Gasteiger partial charge >= 0.3 is 5.76 Å². The minimum absolute atomic E-state index is 0.326. The molecule has 4 rings (SSSR count). The van der Waals surface area contributed by atoms with Gasteiger partial charge in [0.15, 0.2) is 17.1 Å². The summed E-state index contributed by atoms with van der Waals surface area (Å²) in [6, 6.07) is 11.5. The normalized spacial score (nSPS) is 14.7. The highest BCUT2D eigenvalue weighted by molar-refractivity contribution is 5.94. The Kier molecular flexibility index (Phi) is 4.12. The molecule has 1 amide bonds. The fourth-order valence-electron chi connectivity index (χ4n) is 2.96. The van der Waals surface area contributed by atoms with Crippen molar-refractivity contribution < 1.29 is 18.7 Å². The lowest BCUT2D eigenvalue weighted by Gasteiger charge is -2.14. The van der Waals surface area contributed by atoms with Crippen LogP contribution in [-0.2, 0) is 4.79 Å². The highest BCUT2D eigenvalue weighted by Crippen LogP contribution is 2.32. The Bertz CT molecular complexity index is 1020. The number of rotatable bonds is 3. The zero-order valence-corrected chi connectivity index (χ0v) is 14.2. The monoisotopic (exact) mass is 354 g/mol. The quantitative estimate of drug-likeness (QED) is 0.782. The van der Waals surface area contributed by atoms with E-state index in [1.807, 2.05) is 0 Å². The highest BCUT2D eigenvalue weighted by Gasteiger charge is 2.22. The van der Waals surface area contributed by atoms with Gasteiger partial charge in [-0.1, -0.05) is 12.1 Å². The number of hydrogen-bond acceptors (Lipinski definition) is 5. The van der Waals surface area contributed by atoms with Crippen molar-refractivity contribution in [1.29, 1.82) is 0 Å². The number of benzene rings is 2. The van der Waals surface area contributed by atoms with E-state index in [9.17, 15) is 9.59 Å². The van der Waals surface area contributed by atoms with Crippen molar-refractivity contribution in [3.05, 3.63) is 53.0 Å². The third-order valence-electron chi connectivity index (χ3n) is 4.30. The Hall–Kier alpha value is -3.22. The van der Waals surface area contributed by atoms with Gasteiger partial charge < -0.3 is 19.2 Å². The number of carbonyl (C=O) groups is 1. The van der Waals surface area contributed by atoms with E-state index in [-0.39, 0.29) is 5.91 Å². The molecule has 1 unspecified atom stereocenters. The number of anilines is 1. The van der Waals surface area contributed by atoms with Crippen molar-refractivity contribution >= 4 is 22.7 Å². The van der Waals surface area contributed by atoms with E-state index in [1.54, 1.807) is 49.4 Å². The summed E-state index contributed by atoms with van der Waals surface area (Å²) >= 11 is 0. The molecule has 1 aromatic heterocycles. The average molecular weight is 354 g/mol. The van der Waals surface area contributed by atoms with Gasteiger partial charge in [-0.3, -0.25) is 9.36 Å². The Morgan fingerprint density at radius 3 is 2.73 bits per heavy atom. The van der Waals surface area contributed by atoms with E-state index >= 15 is 0 Å². The number of hydrogen-bond donors (Lipinski definition) is 1. The summed E-state index contributed by atoms with van der Waals surface area (Å²) in [7, 11) is 0. The smallest absolute Gasteiger partial charge is 0.420 e. The number of amides is 1. The van der Waals surface area contributed by atoms with Crippen molar-refractivity contribution in [2.45, 2.75) is 19.4 Å². The lowest BCUT2D eigenvalue weighted by Crippen LogP contribution is -2.29. The van der Waals surface area contributed by atoms with Crippen molar-refractivity contribution in [1.82, 2.24) is 4.57 Å². The van der Waals surface area contributed by atoms with Gasteiger partial charge in [0.2, 0.25) is 5.91 Å². The van der Waals surface area contributed by atoms with Gasteiger partial charge in [-0.05, 0) is 31.2 Å². The Balaban J connectivity index is 1.59. The zero-order valence-electron chi connectivity index (χ0n) is 14.2. The minimum atomic E-state index is -0.734. The van der Waals surface area contributed by atoms with Crippen LogP contribution in [0.2, 0.25) is 0 Å². The maximum atomic E-state index is 12.7. The number of fused-ring (bicyclic) bond motifs is 2. The number of carbonyl (C=O) groups excluding carboxylic acids is 1. The lowest BCUT2D eigenvalue weighted by atomic mass is 10.2. The van der Waals surface area contributed by atoms with Gasteiger partial charge in [0.1, 0.15) is 6.04 Å². The molecular weight excluding hydrogens is 336 g/mol. The summed E-state index contributed by atoms with van der Waals surface area (Å²) in [4.78, 5) is 24.8. The van der Waals surface area contributed by atoms with Gasteiger partial charge in [-0.15, -0.1) is 0 Å². The molecule has 0 radical (unpaired) electrons. The lowest BCUT2D eigenvalue weighted by molar-refractivity contribution is -0.118. The summed E-state index contributed by atoms with van der Waals surface area (Å²) in [6.07, 6.45) is 0.809. The molecule has 7 heteroatoms. The first-order valence-electron chi connectivity index (χ1n) is 8.44. The van der Waals surface area contributed by atoms with Crippen LogP contribution >= 0.6 is 0 Å². The van der Waals surface area contributed by atoms with Gasteiger partial charge in [-0.25, -0.2) is 4.79 Å². The Labute approximate surface area is 149 Å². The number of oxazole rings is 1. The van der Waals surface area contributed by atoms with Gasteiger partial charge in [-0.2, -0.15) is 0 Å². The van der Waals surface area contributed by atoms with E-state index < -0.39 is 11.8 Å². The fraction of sp³-hybridized carbons (Fsp3) is 0.263. The Morgan fingerprint density at radius 2 is 1.88 bits per heavy atom. The van der Waals surface area contributed by atoms with Crippen LogP contribution in [0.4, 0.5) is 5.69 Å². The molecule has 2 heterocycles. The summed E-state index contributed by atoms with van der Waals surface area (Å²) in [5, 5.41) is 2.82. The molecule has 1 atom stereocenters. The van der Waals surface area contributed by atoms with Gasteiger partial charge in [0, 0.05) is 18.2 Å². The molecule has 26 heavy (non-hydrogen) atoms. The van der Waals surface area contributed by atoms with Gasteiger partial charge in [0.05, 0.1) is 18.7 Å². The molecule has 3 aromatic rings. The molecule has 0 saturated carbocycles. The molecule has 7 nitrogen and oxygen atoms in total. The SMILES string of the molecule is CC(C(=O)Nc1ccc2c(c1)OCCCO2)n1c(=O)oc2ccccc21. The van der Waals surface area contributed by atoms with E-state index in [0.717, 1.165) is 6.42 Å². The second-order valence-electron chi connectivity index (χ2n) is 6.08. The standard InChI is InChI=1S/C19H18N2O5/c1-12(21-14-5-2-3-6-15(14)26-19(21)23)18(22)20-13-7-8-16-17(11-13)25-10-4-9-24-16/h2-3,5-8,11-12H,4,9-10H2,1H3,(H,20,22). The van der Waals surface area contributed by atoms with Crippen LogP contribution in [0.1, 0.15) is 19.4 Å². The number of ether oxygens (including phenoxy) is 2. The van der Waals surface area contributed by atoms with Crippen LogP contribution in [0.15, 0.2) is 51.7 Å². The number of para-hydroxylation sites is 2. The van der Waals surface area contributed by atoms with Crippen LogP contribution in [-0.4, -0.2) is 23.7 Å². The number of aromatic nitrogens is 1. The van der Waals surface area contributed by atoms with Gasteiger partial charge in [0.25, 0.3) is 0 Å². The second kappa shape index (κ2) is 6.59. The number of nitrogens with zero attached hydrogens (tertiary/aromatic N) is 1. The summed E-state index contributed by atoms with van der Waals surface area (Å²) in [5.74, 6) is 0.366. The third-order valence-corrected chi connectivity index (χ3v) is 4.30. The summed E-state index contributed by atoms with van der Waals surface area (Å²) < 4.78 is 17.8. The predicted octanol–water partition coefficient (Wildman–Crippen LogP) is 2.96. The van der Waals surface area contributed by atoms with Crippen molar-refractivity contribution in [2.75, 3.05) is 18.5 Å². The summed E-state index contributed by atoms with van der Waals surface area (Å²) in [6.45, 7) is 2.82. The molecule has 0 fully saturated rings. The first-order valence-corrected chi connectivity index (χ1v) is 8.44. The van der Waals surface area contributed by atoms with Crippen LogP contribution in [0.5, 0.6) is 11.5 Å². The molecule has 0 bridgehead atoms. The predicted molar refractivity (Wildman–Crippen MR) is 95.9 cm³/mol. The molecule has 0 saturated heterocycles. The first kappa shape index (κ1) is 16.3. The van der Waals surface area contributed by atoms with Crippen LogP contribution in [0, 0.1) is 0 Å². The van der Waals surface area contributed by atoms with Crippen molar-refractivity contribution in [3.8, 4) is 11.5 Å².